The Labute approximate surface area is 109 Å². The minimum absolute atomic E-state index is 0.753. The number of hydrogen-bond donors (Lipinski definition) is 0. The van der Waals surface area contributed by atoms with Crippen molar-refractivity contribution in [2.45, 2.75) is 25.8 Å². The summed E-state index contributed by atoms with van der Waals surface area (Å²) in [7, 11) is 0. The van der Waals surface area contributed by atoms with E-state index in [1.165, 1.54) is 19.3 Å². The van der Waals surface area contributed by atoms with E-state index in [1.807, 2.05) is 12.1 Å². The van der Waals surface area contributed by atoms with Gasteiger partial charge in [0.25, 0.3) is 0 Å². The van der Waals surface area contributed by atoms with E-state index in [0.29, 0.717) is 0 Å². The smallest absolute Gasteiger partial charge is 0.166 e. The summed E-state index contributed by atoms with van der Waals surface area (Å²) in [5.74, 6) is 0.753. The fourth-order valence-electron chi connectivity index (χ4n) is 2.48. The van der Waals surface area contributed by atoms with Gasteiger partial charge < -0.3 is 4.57 Å². The van der Waals surface area contributed by atoms with Gasteiger partial charge in [0, 0.05) is 21.9 Å². The maximum Gasteiger partial charge on any atom is 0.166 e. The number of carbonyl (C=O) groups excluding carboxylic acids is 1. The first-order valence-corrected chi connectivity index (χ1v) is 6.81. The molecule has 1 heterocycles. The molecule has 1 aliphatic carbocycles. The molecule has 2 nitrogen and oxygen atoms in total. The number of carbonyl (C=O) groups is 1. The third-order valence-electron chi connectivity index (χ3n) is 3.68. The molecule has 3 rings (SSSR count). The lowest BCUT2D eigenvalue weighted by Crippen LogP contribution is -2.19. The molecule has 0 aliphatic heterocycles. The van der Waals surface area contributed by atoms with E-state index in [2.05, 4.69) is 32.6 Å². The molecule has 0 N–H and O–H groups in total. The minimum Gasteiger partial charge on any atom is -0.338 e. The molecule has 0 atom stereocenters. The molecule has 0 saturated heterocycles. The van der Waals surface area contributed by atoms with Crippen molar-refractivity contribution in [2.75, 3.05) is 0 Å². The van der Waals surface area contributed by atoms with Crippen LogP contribution in [0.15, 0.2) is 28.7 Å². The van der Waals surface area contributed by atoms with Crippen molar-refractivity contribution in [2.24, 2.45) is 5.92 Å². The van der Waals surface area contributed by atoms with Crippen LogP contribution in [0.25, 0.3) is 10.9 Å². The van der Waals surface area contributed by atoms with Crippen LogP contribution in [-0.4, -0.2) is 10.9 Å². The van der Waals surface area contributed by atoms with Gasteiger partial charge in [0.05, 0.1) is 5.69 Å². The first-order valence-electron chi connectivity index (χ1n) is 6.02. The van der Waals surface area contributed by atoms with Crippen molar-refractivity contribution in [3.63, 3.8) is 0 Å². The monoisotopic (exact) mass is 291 g/mol. The predicted molar refractivity (Wildman–Crippen MR) is 72.4 cm³/mol. The van der Waals surface area contributed by atoms with Gasteiger partial charge in [-0.2, -0.15) is 0 Å². The van der Waals surface area contributed by atoms with Crippen molar-refractivity contribution in [1.82, 2.24) is 4.57 Å². The Morgan fingerprint density at radius 3 is 2.82 bits per heavy atom. The third kappa shape index (κ3) is 1.93. The van der Waals surface area contributed by atoms with Crippen LogP contribution in [0.2, 0.25) is 0 Å². The first-order chi connectivity index (χ1) is 8.28. The van der Waals surface area contributed by atoms with Gasteiger partial charge in [-0.05, 0) is 37.0 Å². The van der Waals surface area contributed by atoms with Gasteiger partial charge in [0.2, 0.25) is 0 Å². The third-order valence-corrected chi connectivity index (χ3v) is 4.18. The van der Waals surface area contributed by atoms with Gasteiger partial charge in [-0.3, -0.25) is 4.79 Å². The molecule has 1 aliphatic rings. The lowest BCUT2D eigenvalue weighted by molar-refractivity contribution is 0.111. The summed E-state index contributed by atoms with van der Waals surface area (Å²) < 4.78 is 3.23. The molecular weight excluding hydrogens is 278 g/mol. The molecule has 0 amide bonds. The summed E-state index contributed by atoms with van der Waals surface area (Å²) in [6.07, 6.45) is 4.90. The Morgan fingerprint density at radius 2 is 2.18 bits per heavy atom. The SMILES string of the molecule is O=Cc1cc2ccc(Br)cc2n1CC1CCC1. The number of fused-ring (bicyclic) bond motifs is 1. The van der Waals surface area contributed by atoms with Crippen LogP contribution in [0.4, 0.5) is 0 Å². The van der Waals surface area contributed by atoms with Crippen molar-refractivity contribution in [3.8, 4) is 0 Å². The van der Waals surface area contributed by atoms with E-state index in [1.54, 1.807) is 0 Å². The predicted octanol–water partition coefficient (Wildman–Crippen LogP) is 4.02. The van der Waals surface area contributed by atoms with Crippen molar-refractivity contribution in [3.05, 3.63) is 34.4 Å². The Morgan fingerprint density at radius 1 is 1.35 bits per heavy atom. The highest BCUT2D eigenvalue weighted by Crippen LogP contribution is 2.31. The minimum atomic E-state index is 0.753. The standard InChI is InChI=1S/C14H14BrNO/c15-12-5-4-11-6-13(9-17)16(14(11)7-12)8-10-2-1-3-10/h4-7,9-10H,1-3,8H2. The number of halogens is 1. The summed E-state index contributed by atoms with van der Waals surface area (Å²) >= 11 is 3.49. The highest BCUT2D eigenvalue weighted by Gasteiger charge is 2.20. The molecule has 2 aromatic rings. The molecule has 3 heteroatoms. The molecule has 17 heavy (non-hydrogen) atoms. The first kappa shape index (κ1) is 11.0. The van der Waals surface area contributed by atoms with E-state index in [9.17, 15) is 4.79 Å². The van der Waals surface area contributed by atoms with E-state index >= 15 is 0 Å². The summed E-state index contributed by atoms with van der Waals surface area (Å²) in [4.78, 5) is 11.1. The van der Waals surface area contributed by atoms with Gasteiger partial charge >= 0.3 is 0 Å². The van der Waals surface area contributed by atoms with Crippen molar-refractivity contribution in [1.29, 1.82) is 0 Å². The highest BCUT2D eigenvalue weighted by molar-refractivity contribution is 9.10. The van der Waals surface area contributed by atoms with Gasteiger partial charge in [-0.1, -0.05) is 28.4 Å². The quantitative estimate of drug-likeness (QED) is 0.783. The normalized spacial score (nSPS) is 16.1. The van der Waals surface area contributed by atoms with E-state index in [-0.39, 0.29) is 0 Å². The van der Waals surface area contributed by atoms with Gasteiger partial charge in [-0.25, -0.2) is 0 Å². The maximum absolute atomic E-state index is 11.1. The zero-order valence-electron chi connectivity index (χ0n) is 9.53. The summed E-state index contributed by atoms with van der Waals surface area (Å²) in [6, 6.07) is 8.16. The second kappa shape index (κ2) is 4.30. The molecule has 0 bridgehead atoms. The number of hydrogen-bond acceptors (Lipinski definition) is 1. The maximum atomic E-state index is 11.1. The lowest BCUT2D eigenvalue weighted by atomic mass is 9.85. The van der Waals surface area contributed by atoms with Crippen LogP contribution in [0.1, 0.15) is 29.8 Å². The Hall–Kier alpha value is -1.09. The molecular formula is C14H14BrNO. The van der Waals surface area contributed by atoms with Gasteiger partial charge in [0.1, 0.15) is 0 Å². The molecule has 1 aromatic carbocycles. The molecule has 1 aromatic heterocycles. The number of aldehydes is 1. The Kier molecular flexibility index (Phi) is 2.79. The molecule has 1 saturated carbocycles. The fraction of sp³-hybridized carbons (Fsp3) is 0.357. The zero-order valence-corrected chi connectivity index (χ0v) is 11.1. The molecule has 1 fully saturated rings. The molecule has 88 valence electrons. The van der Waals surface area contributed by atoms with Crippen molar-refractivity contribution < 1.29 is 4.79 Å². The number of nitrogens with zero attached hydrogens (tertiary/aromatic N) is 1. The molecule has 0 radical (unpaired) electrons. The largest absolute Gasteiger partial charge is 0.338 e. The van der Waals surface area contributed by atoms with Crippen LogP contribution in [0.3, 0.4) is 0 Å². The summed E-state index contributed by atoms with van der Waals surface area (Å²) in [6.45, 7) is 0.980. The van der Waals surface area contributed by atoms with Gasteiger partial charge in [0.15, 0.2) is 6.29 Å². The van der Waals surface area contributed by atoms with Crippen molar-refractivity contribution >= 4 is 33.1 Å². The molecule has 0 unspecified atom stereocenters. The topological polar surface area (TPSA) is 22.0 Å². The second-order valence-corrected chi connectivity index (χ2v) is 5.71. The van der Waals surface area contributed by atoms with E-state index in [4.69, 9.17) is 0 Å². The van der Waals surface area contributed by atoms with Crippen LogP contribution in [-0.2, 0) is 6.54 Å². The van der Waals surface area contributed by atoms with E-state index < -0.39 is 0 Å². The van der Waals surface area contributed by atoms with E-state index in [0.717, 1.165) is 39.8 Å². The van der Waals surface area contributed by atoms with Crippen LogP contribution in [0.5, 0.6) is 0 Å². The van der Waals surface area contributed by atoms with Gasteiger partial charge in [-0.15, -0.1) is 0 Å². The Balaban J connectivity index is 2.10. The summed E-state index contributed by atoms with van der Waals surface area (Å²) in [5, 5.41) is 1.15. The number of benzene rings is 1. The van der Waals surface area contributed by atoms with Crippen LogP contribution >= 0.6 is 15.9 Å². The number of aromatic nitrogens is 1. The molecule has 0 spiro atoms. The lowest BCUT2D eigenvalue weighted by Gasteiger charge is -2.26. The highest BCUT2D eigenvalue weighted by atomic mass is 79.9. The van der Waals surface area contributed by atoms with Crippen LogP contribution in [0, 0.1) is 5.92 Å². The zero-order chi connectivity index (χ0) is 11.8. The second-order valence-electron chi connectivity index (χ2n) is 4.80. The number of rotatable bonds is 3. The summed E-state index contributed by atoms with van der Waals surface area (Å²) in [5.41, 5.74) is 1.96. The Bertz CT molecular complexity index is 569. The fourth-order valence-corrected chi connectivity index (χ4v) is 2.83. The average molecular weight is 292 g/mol. The average Bonchev–Trinajstić information content (AvgIpc) is 2.61. The van der Waals surface area contributed by atoms with Crippen LogP contribution < -0.4 is 0 Å².